The molecule has 1 nitrogen and oxygen atoms in total. The lowest BCUT2D eigenvalue weighted by Gasteiger charge is -2.23. The molecule has 0 bridgehead atoms. The van der Waals surface area contributed by atoms with Crippen LogP contribution in [0.15, 0.2) is 12.2 Å². The lowest BCUT2D eigenvalue weighted by molar-refractivity contribution is 0.440. The zero-order chi connectivity index (χ0) is 6.69. The highest BCUT2D eigenvalue weighted by Crippen LogP contribution is 2.11. The Morgan fingerprint density at radius 2 is 2.33 bits per heavy atom. The molecule has 0 spiro atoms. The SMILES string of the molecule is C=C(C)[C@@H]1CCCCN1. The van der Waals surface area contributed by atoms with Crippen molar-refractivity contribution < 1.29 is 0 Å². The Morgan fingerprint density at radius 1 is 1.56 bits per heavy atom. The van der Waals surface area contributed by atoms with Crippen molar-refractivity contribution in [1.29, 1.82) is 0 Å². The van der Waals surface area contributed by atoms with Crippen LogP contribution < -0.4 is 5.32 Å². The predicted molar refractivity (Wildman–Crippen MR) is 40.5 cm³/mol. The lowest BCUT2D eigenvalue weighted by atomic mass is 10.00. The molecular formula is C8H15N. The zero-order valence-electron chi connectivity index (χ0n) is 6.11. The molecule has 1 aliphatic rings. The van der Waals surface area contributed by atoms with Crippen molar-refractivity contribution in [3.8, 4) is 0 Å². The molecule has 0 aliphatic carbocycles. The van der Waals surface area contributed by atoms with Gasteiger partial charge in [0.2, 0.25) is 0 Å². The summed E-state index contributed by atoms with van der Waals surface area (Å²) in [6.45, 7) is 7.19. The Balaban J connectivity index is 2.31. The fourth-order valence-electron chi connectivity index (χ4n) is 1.27. The normalized spacial score (nSPS) is 27.9. The first-order chi connectivity index (χ1) is 4.30. The van der Waals surface area contributed by atoms with Crippen LogP contribution in [0.4, 0.5) is 0 Å². The first-order valence-corrected chi connectivity index (χ1v) is 3.69. The number of piperidine rings is 1. The van der Waals surface area contributed by atoms with E-state index in [9.17, 15) is 0 Å². The second-order valence-electron chi connectivity index (χ2n) is 2.85. The van der Waals surface area contributed by atoms with E-state index in [0.717, 1.165) is 0 Å². The molecule has 0 aromatic heterocycles. The van der Waals surface area contributed by atoms with Gasteiger partial charge in [0.15, 0.2) is 0 Å². The third-order valence-electron chi connectivity index (χ3n) is 1.91. The monoisotopic (exact) mass is 125 g/mol. The molecule has 0 aromatic carbocycles. The van der Waals surface area contributed by atoms with Gasteiger partial charge >= 0.3 is 0 Å². The number of rotatable bonds is 1. The second-order valence-corrected chi connectivity index (χ2v) is 2.85. The van der Waals surface area contributed by atoms with Gasteiger partial charge in [-0.25, -0.2) is 0 Å². The maximum absolute atomic E-state index is 3.92. The molecule has 0 unspecified atom stereocenters. The lowest BCUT2D eigenvalue weighted by Crippen LogP contribution is -2.34. The first-order valence-electron chi connectivity index (χ1n) is 3.69. The molecule has 52 valence electrons. The summed E-state index contributed by atoms with van der Waals surface area (Å²) in [6, 6.07) is 0.610. The van der Waals surface area contributed by atoms with E-state index in [-0.39, 0.29) is 0 Å². The third kappa shape index (κ3) is 1.83. The maximum Gasteiger partial charge on any atom is 0.0274 e. The van der Waals surface area contributed by atoms with Crippen LogP contribution >= 0.6 is 0 Å². The van der Waals surface area contributed by atoms with Gasteiger partial charge in [-0.2, -0.15) is 0 Å². The Bertz CT molecular complexity index is 101. The van der Waals surface area contributed by atoms with Crippen LogP contribution in [0.25, 0.3) is 0 Å². The van der Waals surface area contributed by atoms with Crippen LogP contribution in [0, 0.1) is 0 Å². The molecule has 1 aliphatic heterocycles. The highest BCUT2D eigenvalue weighted by molar-refractivity contribution is 5.02. The molecule has 0 radical (unpaired) electrons. The molecule has 1 heteroatoms. The molecule has 0 saturated carbocycles. The van der Waals surface area contributed by atoms with Crippen molar-refractivity contribution in [2.45, 2.75) is 32.2 Å². The summed E-state index contributed by atoms with van der Waals surface area (Å²) in [7, 11) is 0. The quantitative estimate of drug-likeness (QED) is 0.526. The second kappa shape index (κ2) is 3.02. The minimum Gasteiger partial charge on any atom is -0.310 e. The molecule has 1 rings (SSSR count). The van der Waals surface area contributed by atoms with Crippen molar-refractivity contribution in [2.75, 3.05) is 6.54 Å². The van der Waals surface area contributed by atoms with Gasteiger partial charge in [-0.3, -0.25) is 0 Å². The van der Waals surface area contributed by atoms with Gasteiger partial charge in [0.05, 0.1) is 0 Å². The molecule has 1 saturated heterocycles. The van der Waals surface area contributed by atoms with Gasteiger partial charge in [0.1, 0.15) is 0 Å². The van der Waals surface area contributed by atoms with Gasteiger partial charge in [-0.1, -0.05) is 18.6 Å². The maximum atomic E-state index is 3.92. The topological polar surface area (TPSA) is 12.0 Å². The Morgan fingerprint density at radius 3 is 2.67 bits per heavy atom. The smallest absolute Gasteiger partial charge is 0.0274 e. The van der Waals surface area contributed by atoms with Crippen LogP contribution in [0.2, 0.25) is 0 Å². The number of hydrogen-bond donors (Lipinski definition) is 1. The van der Waals surface area contributed by atoms with Crippen molar-refractivity contribution in [3.63, 3.8) is 0 Å². The number of hydrogen-bond acceptors (Lipinski definition) is 1. The Labute approximate surface area is 57.1 Å². The van der Waals surface area contributed by atoms with E-state index in [4.69, 9.17) is 0 Å². The molecule has 1 atom stereocenters. The Hall–Kier alpha value is -0.300. The predicted octanol–water partition coefficient (Wildman–Crippen LogP) is 1.70. The van der Waals surface area contributed by atoms with Crippen LogP contribution in [0.1, 0.15) is 26.2 Å². The molecule has 1 fully saturated rings. The summed E-state index contributed by atoms with van der Waals surface area (Å²) in [5, 5.41) is 3.42. The minimum absolute atomic E-state index is 0.610. The van der Waals surface area contributed by atoms with Crippen molar-refractivity contribution in [2.24, 2.45) is 0 Å². The van der Waals surface area contributed by atoms with E-state index < -0.39 is 0 Å². The van der Waals surface area contributed by atoms with Crippen LogP contribution in [0.5, 0.6) is 0 Å². The average molecular weight is 125 g/mol. The summed E-state index contributed by atoms with van der Waals surface area (Å²) in [5.74, 6) is 0. The third-order valence-corrected chi connectivity index (χ3v) is 1.91. The molecule has 0 aromatic rings. The van der Waals surface area contributed by atoms with Gasteiger partial charge in [0.25, 0.3) is 0 Å². The summed E-state index contributed by atoms with van der Waals surface area (Å²) in [5.41, 5.74) is 1.29. The van der Waals surface area contributed by atoms with Gasteiger partial charge in [-0.15, -0.1) is 0 Å². The molecular weight excluding hydrogens is 110 g/mol. The van der Waals surface area contributed by atoms with Crippen molar-refractivity contribution in [1.82, 2.24) is 5.32 Å². The first kappa shape index (κ1) is 6.81. The van der Waals surface area contributed by atoms with Crippen LogP contribution in [0.3, 0.4) is 0 Å². The van der Waals surface area contributed by atoms with E-state index in [2.05, 4.69) is 18.8 Å². The molecule has 9 heavy (non-hydrogen) atoms. The van der Waals surface area contributed by atoms with Gasteiger partial charge in [0, 0.05) is 6.04 Å². The highest BCUT2D eigenvalue weighted by atomic mass is 14.9. The summed E-state index contributed by atoms with van der Waals surface area (Å²) in [4.78, 5) is 0. The van der Waals surface area contributed by atoms with E-state index in [1.807, 2.05) is 0 Å². The molecule has 0 amide bonds. The van der Waals surface area contributed by atoms with Gasteiger partial charge < -0.3 is 5.32 Å². The highest BCUT2D eigenvalue weighted by Gasteiger charge is 2.11. The molecule has 1 N–H and O–H groups in total. The van der Waals surface area contributed by atoms with Crippen LogP contribution in [-0.4, -0.2) is 12.6 Å². The minimum atomic E-state index is 0.610. The summed E-state index contributed by atoms with van der Waals surface area (Å²) < 4.78 is 0. The molecule has 1 heterocycles. The standard InChI is InChI=1S/C8H15N/c1-7(2)8-5-3-4-6-9-8/h8-9H,1,3-6H2,2H3/t8-/m0/s1. The zero-order valence-corrected chi connectivity index (χ0v) is 6.11. The van der Waals surface area contributed by atoms with E-state index >= 15 is 0 Å². The fraction of sp³-hybridized carbons (Fsp3) is 0.750. The summed E-state index contributed by atoms with van der Waals surface area (Å²) >= 11 is 0. The van der Waals surface area contributed by atoms with Crippen molar-refractivity contribution in [3.05, 3.63) is 12.2 Å². The fourth-order valence-corrected chi connectivity index (χ4v) is 1.27. The Kier molecular flexibility index (Phi) is 2.29. The number of nitrogens with one attached hydrogen (secondary N) is 1. The summed E-state index contributed by atoms with van der Waals surface area (Å²) in [6.07, 6.45) is 3.99. The van der Waals surface area contributed by atoms with Crippen LogP contribution in [-0.2, 0) is 0 Å². The van der Waals surface area contributed by atoms with E-state index in [1.54, 1.807) is 0 Å². The van der Waals surface area contributed by atoms with E-state index in [0.29, 0.717) is 6.04 Å². The van der Waals surface area contributed by atoms with Crippen molar-refractivity contribution >= 4 is 0 Å². The largest absolute Gasteiger partial charge is 0.310 e. The average Bonchev–Trinajstić information content (AvgIpc) is 1.90. The van der Waals surface area contributed by atoms with Gasteiger partial charge in [-0.05, 0) is 26.3 Å². The van der Waals surface area contributed by atoms with E-state index in [1.165, 1.54) is 31.4 Å².